The van der Waals surface area contributed by atoms with Crippen LogP contribution in [0.25, 0.3) is 0 Å². The summed E-state index contributed by atoms with van der Waals surface area (Å²) in [5.41, 5.74) is 0.599. The Hall–Kier alpha value is -2.51. The minimum atomic E-state index is -1.23. The van der Waals surface area contributed by atoms with Crippen molar-refractivity contribution in [2.45, 2.75) is 57.5 Å². The molecule has 33 heavy (non-hydrogen) atoms. The monoisotopic (exact) mass is 452 g/mol. The molecule has 176 valence electrons. The minimum absolute atomic E-state index is 0.0364. The molecule has 3 fully saturated rings. The third-order valence-electron chi connectivity index (χ3n) is 9.13. The van der Waals surface area contributed by atoms with Crippen LogP contribution < -0.4 is 0 Å². The quantitative estimate of drug-likeness (QED) is 0.558. The zero-order valence-electron chi connectivity index (χ0n) is 20.0. The molecule has 0 spiro atoms. The van der Waals surface area contributed by atoms with Gasteiger partial charge >= 0.3 is 11.9 Å². The Labute approximate surface area is 194 Å². The van der Waals surface area contributed by atoms with Crippen LogP contribution in [0.5, 0.6) is 0 Å². The topological polar surface area (TPSA) is 88.4 Å². The highest BCUT2D eigenvalue weighted by Gasteiger charge is 2.81. The van der Waals surface area contributed by atoms with Crippen LogP contribution in [0, 0.1) is 10.8 Å². The third kappa shape index (κ3) is 2.34. The summed E-state index contributed by atoms with van der Waals surface area (Å²) in [4.78, 5) is 33.8. The first-order valence-corrected chi connectivity index (χ1v) is 11.6. The molecule has 1 aromatic rings. The molecule has 7 heteroatoms. The third-order valence-corrected chi connectivity index (χ3v) is 9.13. The normalized spacial score (nSPS) is 39.6. The number of aliphatic imine (C=N–C) groups is 1. The Balaban J connectivity index is 1.94. The van der Waals surface area contributed by atoms with Crippen molar-refractivity contribution in [3.05, 3.63) is 41.5 Å². The lowest BCUT2D eigenvalue weighted by molar-refractivity contribution is -0.197. The Morgan fingerprint density at radius 1 is 1.30 bits per heavy atom. The molecule has 0 amide bonds. The van der Waals surface area contributed by atoms with E-state index in [-0.39, 0.29) is 19.3 Å². The number of rotatable bonds is 4. The van der Waals surface area contributed by atoms with E-state index in [9.17, 15) is 14.7 Å². The molecule has 5 atom stereocenters. The number of ether oxygens (including phenoxy) is 2. The highest BCUT2D eigenvalue weighted by atomic mass is 16.5. The van der Waals surface area contributed by atoms with Gasteiger partial charge in [-0.2, -0.15) is 0 Å². The van der Waals surface area contributed by atoms with Crippen LogP contribution in [-0.4, -0.2) is 66.1 Å². The number of aliphatic hydroxyl groups excluding tert-OH is 1. The van der Waals surface area contributed by atoms with Crippen LogP contribution in [0.1, 0.15) is 46.1 Å². The van der Waals surface area contributed by atoms with Gasteiger partial charge in [-0.15, -0.1) is 0 Å². The van der Waals surface area contributed by atoms with Crippen LogP contribution >= 0.6 is 0 Å². The average molecular weight is 453 g/mol. The van der Waals surface area contributed by atoms with Crippen molar-refractivity contribution in [3.8, 4) is 0 Å². The second-order valence-corrected chi connectivity index (χ2v) is 10.3. The Morgan fingerprint density at radius 3 is 2.67 bits per heavy atom. The summed E-state index contributed by atoms with van der Waals surface area (Å²) in [6.45, 7) is 8.13. The number of benzene rings is 1. The van der Waals surface area contributed by atoms with E-state index in [4.69, 9.17) is 14.5 Å². The fourth-order valence-electron chi connectivity index (χ4n) is 7.91. The highest BCUT2D eigenvalue weighted by Crippen LogP contribution is 2.74. The number of methoxy groups -OCH3 is 1. The summed E-state index contributed by atoms with van der Waals surface area (Å²) in [5.74, 6) is -0.838. The van der Waals surface area contributed by atoms with E-state index < -0.39 is 33.7 Å². The Morgan fingerprint density at radius 2 is 2.03 bits per heavy atom. The largest absolute Gasteiger partial charge is 0.468 e. The number of carbonyl (C=O) groups excluding carboxylic acids is 2. The fraction of sp³-hybridized carbons (Fsp3) is 0.577. The molecule has 1 aromatic carbocycles. The number of allylic oxidation sites excluding steroid dienone is 1. The lowest BCUT2D eigenvalue weighted by Gasteiger charge is -2.73. The van der Waals surface area contributed by atoms with Gasteiger partial charge in [0.2, 0.25) is 0 Å². The van der Waals surface area contributed by atoms with Gasteiger partial charge in [-0.05, 0) is 38.3 Å². The molecular weight excluding hydrogens is 420 g/mol. The SMILES string of the molecule is CC=C1CN2C(CO)CC34C(=Nc5ccccc53)C2(C)CC1(C)C4(COC(C)=O)C(=O)OC. The summed E-state index contributed by atoms with van der Waals surface area (Å²) in [6.07, 6.45) is 3.19. The summed E-state index contributed by atoms with van der Waals surface area (Å²) in [5, 5.41) is 10.5. The van der Waals surface area contributed by atoms with E-state index in [1.807, 2.05) is 31.2 Å². The van der Waals surface area contributed by atoms with Crippen LogP contribution in [-0.2, 0) is 24.5 Å². The van der Waals surface area contributed by atoms with Crippen LogP contribution in [0.3, 0.4) is 0 Å². The summed E-state index contributed by atoms with van der Waals surface area (Å²) in [6, 6.07) is 7.75. The van der Waals surface area contributed by atoms with E-state index >= 15 is 0 Å². The number of aliphatic hydroxyl groups is 1. The molecule has 5 rings (SSSR count). The molecule has 1 saturated carbocycles. The van der Waals surface area contributed by atoms with Gasteiger partial charge in [-0.25, -0.2) is 0 Å². The fourth-order valence-corrected chi connectivity index (χ4v) is 7.91. The second-order valence-electron chi connectivity index (χ2n) is 10.3. The molecule has 5 unspecified atom stereocenters. The van der Waals surface area contributed by atoms with Crippen molar-refractivity contribution in [1.29, 1.82) is 0 Å². The molecule has 7 nitrogen and oxygen atoms in total. The maximum absolute atomic E-state index is 14.1. The van der Waals surface area contributed by atoms with E-state index in [0.717, 1.165) is 22.5 Å². The Kier molecular flexibility index (Phi) is 4.73. The maximum atomic E-state index is 14.1. The van der Waals surface area contributed by atoms with Gasteiger partial charge in [-0.1, -0.05) is 36.8 Å². The van der Waals surface area contributed by atoms with Gasteiger partial charge in [0.15, 0.2) is 0 Å². The van der Waals surface area contributed by atoms with Crippen LogP contribution in [0.4, 0.5) is 5.69 Å². The predicted octanol–water partition coefficient (Wildman–Crippen LogP) is 2.93. The van der Waals surface area contributed by atoms with Crippen molar-refractivity contribution >= 4 is 23.3 Å². The van der Waals surface area contributed by atoms with E-state index in [0.29, 0.717) is 19.4 Å². The lowest BCUT2D eigenvalue weighted by atomic mass is 9.35. The van der Waals surface area contributed by atoms with Crippen molar-refractivity contribution in [2.24, 2.45) is 15.8 Å². The first kappa shape index (κ1) is 22.3. The van der Waals surface area contributed by atoms with Gasteiger partial charge < -0.3 is 14.6 Å². The molecule has 2 saturated heterocycles. The molecule has 1 aliphatic carbocycles. The predicted molar refractivity (Wildman–Crippen MR) is 123 cm³/mol. The van der Waals surface area contributed by atoms with Crippen molar-refractivity contribution in [1.82, 2.24) is 4.90 Å². The number of piperidine rings is 2. The first-order chi connectivity index (χ1) is 15.7. The number of hydrogen-bond acceptors (Lipinski definition) is 7. The highest BCUT2D eigenvalue weighted by molar-refractivity contribution is 6.13. The molecule has 0 aromatic heterocycles. The molecule has 0 radical (unpaired) electrons. The number of fused-ring (bicyclic) bond motifs is 2. The summed E-state index contributed by atoms with van der Waals surface area (Å²) in [7, 11) is 1.40. The van der Waals surface area contributed by atoms with Gasteiger partial charge in [0.25, 0.3) is 0 Å². The van der Waals surface area contributed by atoms with E-state index in [1.54, 1.807) is 0 Å². The van der Waals surface area contributed by atoms with Crippen molar-refractivity contribution in [2.75, 3.05) is 26.9 Å². The van der Waals surface area contributed by atoms with Crippen molar-refractivity contribution < 1.29 is 24.2 Å². The molecule has 4 aliphatic rings. The van der Waals surface area contributed by atoms with Crippen molar-refractivity contribution in [3.63, 3.8) is 0 Å². The molecule has 3 aliphatic heterocycles. The first-order valence-electron chi connectivity index (χ1n) is 11.6. The zero-order valence-corrected chi connectivity index (χ0v) is 20.0. The van der Waals surface area contributed by atoms with Gasteiger partial charge in [0.05, 0.1) is 36.1 Å². The smallest absolute Gasteiger partial charge is 0.317 e. The minimum Gasteiger partial charge on any atom is -0.468 e. The Bertz CT molecular complexity index is 1110. The summed E-state index contributed by atoms with van der Waals surface area (Å²) >= 11 is 0. The number of carbonyl (C=O) groups is 2. The number of esters is 2. The van der Waals surface area contributed by atoms with Crippen LogP contribution in [0.2, 0.25) is 0 Å². The molecular formula is C26H32N2O5. The van der Waals surface area contributed by atoms with Gasteiger partial charge in [0.1, 0.15) is 12.0 Å². The standard InChI is InChI=1S/C26H32N2O5/c1-6-17-12-28-18(13-29)11-25-19-9-7-8-10-20(19)27-21(25)24(28,4)14-23(17,3)26(25,22(31)32-5)15-33-16(2)30/h6-10,18,29H,11-15H2,1-5H3. The lowest BCUT2D eigenvalue weighted by Crippen LogP contribution is -2.83. The second kappa shape index (κ2) is 7.00. The van der Waals surface area contributed by atoms with Gasteiger partial charge in [0, 0.05) is 24.9 Å². The molecule has 3 heterocycles. The number of nitrogens with zero attached hydrogens (tertiary/aromatic N) is 2. The molecule has 3 bridgehead atoms. The number of hydrogen-bond donors (Lipinski definition) is 1. The van der Waals surface area contributed by atoms with Crippen LogP contribution in [0.15, 0.2) is 40.9 Å². The van der Waals surface area contributed by atoms with Gasteiger partial charge in [-0.3, -0.25) is 19.5 Å². The zero-order chi connectivity index (χ0) is 23.8. The average Bonchev–Trinajstić information content (AvgIpc) is 3.14. The molecule has 1 N–H and O–H groups in total. The summed E-state index contributed by atoms with van der Waals surface area (Å²) < 4.78 is 11.3. The van der Waals surface area contributed by atoms with E-state index in [1.165, 1.54) is 14.0 Å². The van der Waals surface area contributed by atoms with E-state index in [2.05, 4.69) is 24.8 Å². The maximum Gasteiger partial charge on any atom is 0.317 e. The number of para-hydroxylation sites is 1.